The average Bonchev–Trinajstić information content (AvgIpc) is 3.28. The summed E-state index contributed by atoms with van der Waals surface area (Å²) in [6.45, 7) is 3.44. The summed E-state index contributed by atoms with van der Waals surface area (Å²) in [5, 5.41) is 0. The first kappa shape index (κ1) is 20.4. The van der Waals surface area contributed by atoms with E-state index in [-0.39, 0.29) is 37.2 Å². The van der Waals surface area contributed by atoms with Gasteiger partial charge in [0.1, 0.15) is 5.75 Å². The van der Waals surface area contributed by atoms with E-state index < -0.39 is 5.97 Å². The number of furan rings is 1. The van der Waals surface area contributed by atoms with Crippen LogP contribution in [-0.2, 0) is 14.3 Å². The quantitative estimate of drug-likeness (QED) is 0.660. The Labute approximate surface area is 169 Å². The van der Waals surface area contributed by atoms with E-state index in [0.29, 0.717) is 31.9 Å². The molecule has 0 N–H and O–H groups in total. The highest BCUT2D eigenvalue weighted by Gasteiger charge is 2.26. The number of hydrogen-bond donors (Lipinski definition) is 0. The first-order chi connectivity index (χ1) is 14.0. The molecule has 0 saturated carbocycles. The Morgan fingerprint density at radius 1 is 1.00 bits per heavy atom. The molecular weight excluding hydrogens is 376 g/mol. The number of rotatable bonds is 7. The number of esters is 1. The average molecular weight is 400 g/mol. The maximum atomic E-state index is 12.2. The van der Waals surface area contributed by atoms with Crippen LogP contribution in [0, 0.1) is 6.92 Å². The number of aryl methyl sites for hydroxylation is 1. The van der Waals surface area contributed by atoms with Crippen LogP contribution in [0.3, 0.4) is 0 Å². The van der Waals surface area contributed by atoms with Crippen molar-refractivity contribution in [3.05, 3.63) is 54.0 Å². The minimum Gasteiger partial charge on any atom is -0.493 e. The molecule has 154 valence electrons. The first-order valence-corrected chi connectivity index (χ1v) is 9.48. The van der Waals surface area contributed by atoms with Crippen LogP contribution in [-0.4, -0.2) is 67.0 Å². The molecule has 1 aromatic carbocycles. The molecule has 0 spiro atoms. The molecule has 29 heavy (non-hydrogen) atoms. The summed E-state index contributed by atoms with van der Waals surface area (Å²) < 4.78 is 15.6. The van der Waals surface area contributed by atoms with Crippen LogP contribution in [0.1, 0.15) is 22.5 Å². The number of piperazine rings is 1. The van der Waals surface area contributed by atoms with Crippen molar-refractivity contribution in [2.75, 3.05) is 39.4 Å². The van der Waals surface area contributed by atoms with Crippen molar-refractivity contribution >= 4 is 17.8 Å². The highest BCUT2D eigenvalue weighted by atomic mass is 16.5. The maximum absolute atomic E-state index is 12.2. The lowest BCUT2D eigenvalue weighted by Gasteiger charge is -2.34. The molecule has 0 unspecified atom stereocenters. The third-order valence-electron chi connectivity index (χ3n) is 4.60. The zero-order chi connectivity index (χ0) is 20.6. The smallest absolute Gasteiger partial charge is 0.309 e. The fraction of sp³-hybridized carbons (Fsp3) is 0.381. The lowest BCUT2D eigenvalue weighted by atomic mass is 10.2. The molecular formula is C21H24N2O6. The zero-order valence-electron chi connectivity index (χ0n) is 16.3. The standard InChI is InChI=1S/C21H24N2O6/c1-16-4-6-17(7-5-16)27-14-8-20(25)29-15-19(24)22-9-11-23(12-10-22)21(26)18-3-2-13-28-18/h2-7,13H,8-12,14-15H2,1H3. The second kappa shape index (κ2) is 9.77. The molecule has 1 aliphatic rings. The highest BCUT2D eigenvalue weighted by molar-refractivity contribution is 5.91. The van der Waals surface area contributed by atoms with Crippen LogP contribution in [0.4, 0.5) is 0 Å². The van der Waals surface area contributed by atoms with Crippen molar-refractivity contribution in [3.63, 3.8) is 0 Å². The van der Waals surface area contributed by atoms with Crippen molar-refractivity contribution in [1.29, 1.82) is 0 Å². The van der Waals surface area contributed by atoms with Gasteiger partial charge in [-0.25, -0.2) is 0 Å². The number of benzene rings is 1. The predicted octanol–water partition coefficient (Wildman–Crippen LogP) is 1.88. The fourth-order valence-electron chi connectivity index (χ4n) is 2.91. The number of nitrogens with zero attached hydrogens (tertiary/aromatic N) is 2. The summed E-state index contributed by atoms with van der Waals surface area (Å²) >= 11 is 0. The van der Waals surface area contributed by atoms with Crippen LogP contribution in [0.5, 0.6) is 5.75 Å². The molecule has 2 aromatic rings. The van der Waals surface area contributed by atoms with E-state index >= 15 is 0 Å². The number of amides is 2. The van der Waals surface area contributed by atoms with E-state index in [9.17, 15) is 14.4 Å². The van der Waals surface area contributed by atoms with E-state index in [1.165, 1.54) is 6.26 Å². The molecule has 3 rings (SSSR count). The first-order valence-electron chi connectivity index (χ1n) is 9.48. The Bertz CT molecular complexity index is 823. The van der Waals surface area contributed by atoms with Gasteiger partial charge in [0.15, 0.2) is 12.4 Å². The number of carbonyl (C=O) groups excluding carboxylic acids is 3. The largest absolute Gasteiger partial charge is 0.493 e. The van der Waals surface area contributed by atoms with Crippen molar-refractivity contribution in [2.45, 2.75) is 13.3 Å². The lowest BCUT2D eigenvalue weighted by molar-refractivity contribution is -0.153. The number of hydrogen-bond acceptors (Lipinski definition) is 6. The van der Waals surface area contributed by atoms with Gasteiger partial charge in [0.05, 0.1) is 19.3 Å². The molecule has 0 radical (unpaired) electrons. The second-order valence-corrected chi connectivity index (χ2v) is 6.72. The predicted molar refractivity (Wildman–Crippen MR) is 103 cm³/mol. The molecule has 2 heterocycles. The van der Waals surface area contributed by atoms with E-state index in [4.69, 9.17) is 13.9 Å². The van der Waals surface area contributed by atoms with Crippen molar-refractivity contribution in [3.8, 4) is 5.75 Å². The van der Waals surface area contributed by atoms with Gasteiger partial charge < -0.3 is 23.7 Å². The van der Waals surface area contributed by atoms with Crippen molar-refractivity contribution < 1.29 is 28.3 Å². The summed E-state index contributed by atoms with van der Waals surface area (Å²) in [5.74, 6) is 0.00936. The molecule has 1 aliphatic heterocycles. The molecule has 8 heteroatoms. The third-order valence-corrected chi connectivity index (χ3v) is 4.60. The van der Waals surface area contributed by atoms with Gasteiger partial charge in [0.25, 0.3) is 11.8 Å². The van der Waals surface area contributed by atoms with E-state index in [2.05, 4.69) is 0 Å². The van der Waals surface area contributed by atoms with Gasteiger partial charge in [0, 0.05) is 26.2 Å². The van der Waals surface area contributed by atoms with Gasteiger partial charge in [-0.15, -0.1) is 0 Å². The Balaban J connectivity index is 1.32. The third kappa shape index (κ3) is 5.84. The molecule has 1 aromatic heterocycles. The van der Waals surface area contributed by atoms with Gasteiger partial charge in [-0.1, -0.05) is 17.7 Å². The topological polar surface area (TPSA) is 89.3 Å². The molecule has 1 saturated heterocycles. The monoisotopic (exact) mass is 400 g/mol. The summed E-state index contributed by atoms with van der Waals surface area (Å²) in [5.41, 5.74) is 1.13. The van der Waals surface area contributed by atoms with Crippen LogP contribution >= 0.6 is 0 Å². The maximum Gasteiger partial charge on any atom is 0.309 e. The second-order valence-electron chi connectivity index (χ2n) is 6.72. The van der Waals surface area contributed by atoms with Gasteiger partial charge in [0.2, 0.25) is 0 Å². The van der Waals surface area contributed by atoms with Crippen LogP contribution < -0.4 is 4.74 Å². The van der Waals surface area contributed by atoms with Crippen LogP contribution in [0.15, 0.2) is 47.1 Å². The Morgan fingerprint density at radius 3 is 2.34 bits per heavy atom. The Hall–Kier alpha value is -3.29. The Morgan fingerprint density at radius 2 is 1.69 bits per heavy atom. The van der Waals surface area contributed by atoms with Gasteiger partial charge in [-0.3, -0.25) is 14.4 Å². The normalized spacial score (nSPS) is 13.8. The molecule has 0 atom stereocenters. The number of ether oxygens (including phenoxy) is 2. The SMILES string of the molecule is Cc1ccc(OCCC(=O)OCC(=O)N2CCN(C(=O)c3ccco3)CC2)cc1. The molecule has 0 bridgehead atoms. The number of carbonyl (C=O) groups is 3. The molecule has 2 amide bonds. The van der Waals surface area contributed by atoms with Crippen LogP contribution in [0.2, 0.25) is 0 Å². The Kier molecular flexibility index (Phi) is 6.89. The van der Waals surface area contributed by atoms with Crippen LogP contribution in [0.25, 0.3) is 0 Å². The summed E-state index contributed by atoms with van der Waals surface area (Å²) in [6.07, 6.45) is 1.51. The summed E-state index contributed by atoms with van der Waals surface area (Å²) in [4.78, 5) is 39.5. The molecule has 0 aliphatic carbocycles. The minimum atomic E-state index is -0.489. The van der Waals surface area contributed by atoms with Crippen molar-refractivity contribution in [2.24, 2.45) is 0 Å². The van der Waals surface area contributed by atoms with Gasteiger partial charge in [-0.05, 0) is 31.2 Å². The molecule has 1 fully saturated rings. The summed E-state index contributed by atoms with van der Waals surface area (Å²) in [6, 6.07) is 10.8. The van der Waals surface area contributed by atoms with E-state index in [1.807, 2.05) is 31.2 Å². The minimum absolute atomic E-state index is 0.0621. The van der Waals surface area contributed by atoms with Gasteiger partial charge >= 0.3 is 5.97 Å². The van der Waals surface area contributed by atoms with E-state index in [0.717, 1.165) is 5.56 Å². The van der Waals surface area contributed by atoms with Gasteiger partial charge in [-0.2, -0.15) is 0 Å². The fourth-order valence-corrected chi connectivity index (χ4v) is 2.91. The van der Waals surface area contributed by atoms with Crippen molar-refractivity contribution in [1.82, 2.24) is 9.80 Å². The highest BCUT2D eigenvalue weighted by Crippen LogP contribution is 2.12. The zero-order valence-corrected chi connectivity index (χ0v) is 16.3. The molecule has 8 nitrogen and oxygen atoms in total. The van der Waals surface area contributed by atoms with E-state index in [1.54, 1.807) is 21.9 Å². The summed E-state index contributed by atoms with van der Waals surface area (Å²) in [7, 11) is 0. The lowest BCUT2D eigenvalue weighted by Crippen LogP contribution is -2.51.